The highest BCUT2D eigenvalue weighted by atomic mass is 79.9. The van der Waals surface area contributed by atoms with E-state index in [1.54, 1.807) is 12.3 Å². The number of anilines is 1. The standard InChI is InChI=1S/C20H24BrFN4O3/c1-20(2,3)29-19(27)25-14-6-8-26(9-7-14)18-17(11-23-12-24-18)28-16-5-4-13(22)10-15(16)21/h4-5,10-12,14H,6-9H2,1-3H3,(H,25,27). The number of halogens is 2. The van der Waals surface area contributed by atoms with Crippen molar-refractivity contribution < 1.29 is 18.7 Å². The van der Waals surface area contributed by atoms with Crippen LogP contribution >= 0.6 is 15.9 Å². The van der Waals surface area contributed by atoms with Gasteiger partial charge in [0.15, 0.2) is 11.6 Å². The number of rotatable bonds is 4. The molecule has 1 aromatic heterocycles. The largest absolute Gasteiger partial charge is 0.451 e. The third kappa shape index (κ3) is 6.03. The summed E-state index contributed by atoms with van der Waals surface area (Å²) in [5.41, 5.74) is -0.521. The van der Waals surface area contributed by atoms with Crippen molar-refractivity contribution in [3.05, 3.63) is 41.0 Å². The van der Waals surface area contributed by atoms with Gasteiger partial charge in [-0.2, -0.15) is 0 Å². The van der Waals surface area contributed by atoms with Gasteiger partial charge in [-0.3, -0.25) is 0 Å². The minimum absolute atomic E-state index is 0.0403. The monoisotopic (exact) mass is 466 g/mol. The molecular weight excluding hydrogens is 443 g/mol. The summed E-state index contributed by atoms with van der Waals surface area (Å²) in [6, 6.07) is 4.26. The van der Waals surface area contributed by atoms with Crippen LogP contribution in [-0.4, -0.2) is 40.8 Å². The van der Waals surface area contributed by atoms with Gasteiger partial charge < -0.3 is 19.7 Å². The van der Waals surface area contributed by atoms with Crippen molar-refractivity contribution in [2.45, 2.75) is 45.3 Å². The van der Waals surface area contributed by atoms with Crippen molar-refractivity contribution in [3.63, 3.8) is 0 Å². The molecule has 0 aliphatic carbocycles. The van der Waals surface area contributed by atoms with Crippen LogP contribution in [0, 0.1) is 5.82 Å². The van der Waals surface area contributed by atoms with Gasteiger partial charge in [0, 0.05) is 19.1 Å². The van der Waals surface area contributed by atoms with Crippen LogP contribution in [0.2, 0.25) is 0 Å². The van der Waals surface area contributed by atoms with Crippen LogP contribution in [0.25, 0.3) is 0 Å². The highest BCUT2D eigenvalue weighted by molar-refractivity contribution is 9.10. The Bertz CT molecular complexity index is 867. The van der Waals surface area contributed by atoms with Crippen LogP contribution in [0.4, 0.5) is 15.0 Å². The summed E-state index contributed by atoms with van der Waals surface area (Å²) in [7, 11) is 0. The maximum atomic E-state index is 13.3. The molecule has 1 saturated heterocycles. The molecule has 156 valence electrons. The lowest BCUT2D eigenvalue weighted by molar-refractivity contribution is 0.0497. The van der Waals surface area contributed by atoms with Gasteiger partial charge >= 0.3 is 6.09 Å². The van der Waals surface area contributed by atoms with Crippen LogP contribution in [0.5, 0.6) is 11.5 Å². The van der Waals surface area contributed by atoms with E-state index >= 15 is 0 Å². The minimum Gasteiger partial charge on any atom is -0.451 e. The number of hydrogen-bond donors (Lipinski definition) is 1. The molecule has 1 aromatic carbocycles. The van der Waals surface area contributed by atoms with Crippen molar-refractivity contribution in [2.24, 2.45) is 0 Å². The van der Waals surface area contributed by atoms with E-state index in [4.69, 9.17) is 9.47 Å². The molecule has 1 fully saturated rings. The fourth-order valence-corrected chi connectivity index (χ4v) is 3.44. The van der Waals surface area contributed by atoms with Gasteiger partial charge in [-0.1, -0.05) is 0 Å². The summed E-state index contributed by atoms with van der Waals surface area (Å²) in [5, 5.41) is 2.92. The molecule has 2 heterocycles. The zero-order valence-corrected chi connectivity index (χ0v) is 18.2. The Morgan fingerprint density at radius 1 is 1.28 bits per heavy atom. The van der Waals surface area contributed by atoms with Crippen molar-refractivity contribution in [3.8, 4) is 11.5 Å². The number of carbonyl (C=O) groups excluding carboxylic acids is 1. The lowest BCUT2D eigenvalue weighted by atomic mass is 10.1. The molecule has 0 spiro atoms. The van der Waals surface area contributed by atoms with Crippen molar-refractivity contribution in [2.75, 3.05) is 18.0 Å². The molecule has 0 radical (unpaired) electrons. The molecule has 1 N–H and O–H groups in total. The van der Waals surface area contributed by atoms with E-state index < -0.39 is 11.7 Å². The van der Waals surface area contributed by atoms with Gasteiger partial charge in [0.2, 0.25) is 0 Å². The first kappa shape index (κ1) is 21.3. The molecule has 3 rings (SSSR count). The van der Waals surface area contributed by atoms with Crippen LogP contribution in [0.15, 0.2) is 35.2 Å². The molecular formula is C20H24BrFN4O3. The first-order valence-electron chi connectivity index (χ1n) is 9.38. The Morgan fingerprint density at radius 3 is 2.66 bits per heavy atom. The van der Waals surface area contributed by atoms with Crippen LogP contribution in [0.3, 0.4) is 0 Å². The average Bonchev–Trinajstić information content (AvgIpc) is 2.64. The molecule has 0 unspecified atom stereocenters. The van der Waals surface area contributed by atoms with Crippen LogP contribution in [0.1, 0.15) is 33.6 Å². The number of nitrogens with zero attached hydrogens (tertiary/aromatic N) is 3. The topological polar surface area (TPSA) is 76.6 Å². The second kappa shape index (κ2) is 8.94. The van der Waals surface area contributed by atoms with Crippen LogP contribution < -0.4 is 15.0 Å². The predicted molar refractivity (Wildman–Crippen MR) is 111 cm³/mol. The average molecular weight is 467 g/mol. The Balaban J connectivity index is 1.63. The third-order valence-electron chi connectivity index (χ3n) is 4.29. The number of aromatic nitrogens is 2. The number of ether oxygens (including phenoxy) is 2. The fourth-order valence-electron chi connectivity index (χ4n) is 3.01. The van der Waals surface area contributed by atoms with E-state index in [2.05, 4.69) is 36.1 Å². The molecule has 1 amide bonds. The van der Waals surface area contributed by atoms with Gasteiger partial charge in [-0.15, -0.1) is 0 Å². The first-order valence-corrected chi connectivity index (χ1v) is 10.2. The SMILES string of the molecule is CC(C)(C)OC(=O)NC1CCN(c2ncncc2Oc2ccc(F)cc2Br)CC1. The summed E-state index contributed by atoms with van der Waals surface area (Å²) < 4.78 is 25.1. The quantitative estimate of drug-likeness (QED) is 0.705. The second-order valence-electron chi connectivity index (χ2n) is 7.79. The summed E-state index contributed by atoms with van der Waals surface area (Å²) in [5.74, 6) is 1.27. The summed E-state index contributed by atoms with van der Waals surface area (Å²) in [6.07, 6.45) is 4.16. The highest BCUT2D eigenvalue weighted by Crippen LogP contribution is 2.35. The van der Waals surface area contributed by atoms with Crippen molar-refractivity contribution in [1.82, 2.24) is 15.3 Å². The number of hydrogen-bond acceptors (Lipinski definition) is 6. The number of benzene rings is 1. The lowest BCUT2D eigenvalue weighted by Crippen LogP contribution is -2.46. The van der Waals surface area contributed by atoms with E-state index in [1.807, 2.05) is 20.8 Å². The van der Waals surface area contributed by atoms with E-state index in [1.165, 1.54) is 18.5 Å². The van der Waals surface area contributed by atoms with Crippen LogP contribution in [-0.2, 0) is 4.74 Å². The fraction of sp³-hybridized carbons (Fsp3) is 0.450. The maximum Gasteiger partial charge on any atom is 0.407 e. The Kier molecular flexibility index (Phi) is 6.56. The second-order valence-corrected chi connectivity index (χ2v) is 8.65. The predicted octanol–water partition coefficient (Wildman–Crippen LogP) is 4.66. The van der Waals surface area contributed by atoms with E-state index in [0.717, 1.165) is 12.8 Å². The molecule has 2 aromatic rings. The first-order chi connectivity index (χ1) is 13.7. The summed E-state index contributed by atoms with van der Waals surface area (Å²) in [4.78, 5) is 22.5. The number of amides is 1. The van der Waals surface area contributed by atoms with Crippen molar-refractivity contribution >= 4 is 27.8 Å². The molecule has 0 atom stereocenters. The number of piperidine rings is 1. The minimum atomic E-state index is -0.521. The zero-order chi connectivity index (χ0) is 21.0. The third-order valence-corrected chi connectivity index (χ3v) is 4.91. The Labute approximate surface area is 177 Å². The molecule has 1 aliphatic rings. The van der Waals surface area contributed by atoms with Gasteiger partial charge in [0.25, 0.3) is 0 Å². The molecule has 0 bridgehead atoms. The maximum absolute atomic E-state index is 13.3. The van der Waals surface area contributed by atoms with Crippen molar-refractivity contribution in [1.29, 1.82) is 0 Å². The normalized spacial score (nSPS) is 15.1. The molecule has 29 heavy (non-hydrogen) atoms. The zero-order valence-electron chi connectivity index (χ0n) is 16.6. The number of carbonyl (C=O) groups is 1. The van der Waals surface area contributed by atoms with E-state index in [9.17, 15) is 9.18 Å². The van der Waals surface area contributed by atoms with Gasteiger partial charge in [0.1, 0.15) is 23.5 Å². The molecule has 1 aliphatic heterocycles. The van der Waals surface area contributed by atoms with Gasteiger partial charge in [0.05, 0.1) is 10.7 Å². The van der Waals surface area contributed by atoms with E-state index in [0.29, 0.717) is 34.9 Å². The summed E-state index contributed by atoms with van der Waals surface area (Å²) in [6.45, 7) is 6.90. The highest BCUT2D eigenvalue weighted by Gasteiger charge is 2.26. The number of alkyl carbamates (subject to hydrolysis) is 1. The molecule has 9 heteroatoms. The van der Waals surface area contributed by atoms with E-state index in [-0.39, 0.29) is 11.9 Å². The Morgan fingerprint density at radius 2 is 2.00 bits per heavy atom. The molecule has 0 saturated carbocycles. The lowest BCUT2D eigenvalue weighted by Gasteiger charge is -2.34. The summed E-state index contributed by atoms with van der Waals surface area (Å²) >= 11 is 3.31. The smallest absolute Gasteiger partial charge is 0.407 e. The van der Waals surface area contributed by atoms with Gasteiger partial charge in [-0.05, 0) is 67.7 Å². The Hall–Kier alpha value is -2.42. The van der Waals surface area contributed by atoms with Gasteiger partial charge in [-0.25, -0.2) is 19.2 Å². The molecule has 7 nitrogen and oxygen atoms in total. The number of nitrogens with one attached hydrogen (secondary N) is 1.